The average molecular weight is 293 g/mol. The van der Waals surface area contributed by atoms with Crippen LogP contribution >= 0.6 is 11.8 Å². The molecule has 6 heteroatoms. The summed E-state index contributed by atoms with van der Waals surface area (Å²) < 4.78 is 10.4. The van der Waals surface area contributed by atoms with Crippen molar-refractivity contribution in [1.29, 1.82) is 0 Å². The van der Waals surface area contributed by atoms with E-state index >= 15 is 0 Å². The predicted molar refractivity (Wildman–Crippen MR) is 80.0 cm³/mol. The molecule has 2 rings (SSSR count). The summed E-state index contributed by atoms with van der Waals surface area (Å²) in [7, 11) is 1.65. The Morgan fingerprint density at radius 1 is 1.45 bits per heavy atom. The molecule has 0 amide bonds. The standard InChI is InChI=1S/C14H19N3O2S/c1-18-11-5-3-4-10(8-11)9-13-16-14(19-17-13)12(15)6-7-20-2/h3-5,8,12H,6-7,9,15H2,1-2H3. The third-order valence-corrected chi connectivity index (χ3v) is 3.57. The summed E-state index contributed by atoms with van der Waals surface area (Å²) in [6.07, 6.45) is 3.49. The lowest BCUT2D eigenvalue weighted by molar-refractivity contribution is 0.349. The molecular formula is C14H19N3O2S. The topological polar surface area (TPSA) is 74.2 Å². The molecule has 0 aliphatic carbocycles. The molecule has 0 saturated heterocycles. The first-order chi connectivity index (χ1) is 9.72. The lowest BCUT2D eigenvalue weighted by Crippen LogP contribution is -2.11. The van der Waals surface area contributed by atoms with Crippen molar-refractivity contribution in [1.82, 2.24) is 10.1 Å². The van der Waals surface area contributed by atoms with Crippen molar-refractivity contribution >= 4 is 11.8 Å². The van der Waals surface area contributed by atoms with Gasteiger partial charge in [0, 0.05) is 6.42 Å². The molecule has 1 aromatic heterocycles. The van der Waals surface area contributed by atoms with Crippen LogP contribution in [0.25, 0.3) is 0 Å². The summed E-state index contributed by atoms with van der Waals surface area (Å²) in [6, 6.07) is 7.63. The van der Waals surface area contributed by atoms with Crippen LogP contribution in [-0.2, 0) is 6.42 Å². The maximum absolute atomic E-state index is 6.00. The Labute approximate surface area is 122 Å². The van der Waals surface area contributed by atoms with Crippen molar-refractivity contribution in [3.63, 3.8) is 0 Å². The first kappa shape index (κ1) is 14.9. The molecule has 1 unspecified atom stereocenters. The van der Waals surface area contributed by atoms with E-state index in [0.717, 1.165) is 23.5 Å². The van der Waals surface area contributed by atoms with Gasteiger partial charge in [-0.1, -0.05) is 17.3 Å². The fraction of sp³-hybridized carbons (Fsp3) is 0.429. The van der Waals surface area contributed by atoms with Crippen molar-refractivity contribution in [2.75, 3.05) is 19.1 Å². The quantitative estimate of drug-likeness (QED) is 0.845. The van der Waals surface area contributed by atoms with Gasteiger partial charge in [0.05, 0.1) is 13.2 Å². The van der Waals surface area contributed by atoms with Crippen molar-refractivity contribution in [3.05, 3.63) is 41.5 Å². The van der Waals surface area contributed by atoms with Crippen LogP contribution in [0.15, 0.2) is 28.8 Å². The lowest BCUT2D eigenvalue weighted by Gasteiger charge is -2.03. The molecule has 1 heterocycles. The van der Waals surface area contributed by atoms with Gasteiger partial charge in [0.2, 0.25) is 5.89 Å². The summed E-state index contributed by atoms with van der Waals surface area (Å²) in [5, 5.41) is 3.98. The molecule has 0 bridgehead atoms. The lowest BCUT2D eigenvalue weighted by atomic mass is 10.1. The highest BCUT2D eigenvalue weighted by Gasteiger charge is 2.14. The Morgan fingerprint density at radius 3 is 3.05 bits per heavy atom. The van der Waals surface area contributed by atoms with Crippen LogP contribution in [0.4, 0.5) is 0 Å². The predicted octanol–water partition coefficient (Wildman–Crippen LogP) is 2.42. The van der Waals surface area contributed by atoms with E-state index in [1.54, 1.807) is 18.9 Å². The minimum Gasteiger partial charge on any atom is -0.497 e. The van der Waals surface area contributed by atoms with E-state index in [1.807, 2.05) is 24.3 Å². The van der Waals surface area contributed by atoms with Gasteiger partial charge in [-0.25, -0.2) is 0 Å². The second kappa shape index (κ2) is 7.31. The first-order valence-electron chi connectivity index (χ1n) is 6.43. The van der Waals surface area contributed by atoms with Crippen LogP contribution in [-0.4, -0.2) is 29.3 Å². The van der Waals surface area contributed by atoms with Crippen LogP contribution < -0.4 is 10.5 Å². The SMILES string of the molecule is COc1cccc(Cc2noc(C(N)CCSC)n2)c1. The number of aromatic nitrogens is 2. The van der Waals surface area contributed by atoms with E-state index in [1.165, 1.54) is 0 Å². The average Bonchev–Trinajstić information content (AvgIpc) is 2.93. The van der Waals surface area contributed by atoms with Gasteiger partial charge >= 0.3 is 0 Å². The van der Waals surface area contributed by atoms with Crippen LogP contribution in [0.5, 0.6) is 5.75 Å². The zero-order valence-corrected chi connectivity index (χ0v) is 12.5. The van der Waals surface area contributed by atoms with Gasteiger partial charge in [0.15, 0.2) is 5.82 Å². The third-order valence-electron chi connectivity index (χ3n) is 2.93. The summed E-state index contributed by atoms with van der Waals surface area (Å²) in [5.74, 6) is 2.96. The maximum atomic E-state index is 6.00. The number of benzene rings is 1. The Bertz CT molecular complexity index is 545. The number of ether oxygens (including phenoxy) is 1. The molecule has 5 nitrogen and oxygen atoms in total. The zero-order valence-electron chi connectivity index (χ0n) is 11.7. The molecule has 0 radical (unpaired) electrons. The molecule has 0 aliphatic rings. The molecule has 1 aromatic carbocycles. The van der Waals surface area contributed by atoms with Crippen LogP contribution in [0.2, 0.25) is 0 Å². The fourth-order valence-electron chi connectivity index (χ4n) is 1.82. The summed E-state index contributed by atoms with van der Waals surface area (Å²) >= 11 is 1.75. The summed E-state index contributed by atoms with van der Waals surface area (Å²) in [4.78, 5) is 4.36. The van der Waals surface area contributed by atoms with E-state index in [-0.39, 0.29) is 6.04 Å². The Morgan fingerprint density at radius 2 is 2.30 bits per heavy atom. The molecule has 108 valence electrons. The highest BCUT2D eigenvalue weighted by atomic mass is 32.2. The number of nitrogens with zero attached hydrogens (tertiary/aromatic N) is 2. The van der Waals surface area contributed by atoms with Gasteiger partial charge in [0.25, 0.3) is 0 Å². The number of methoxy groups -OCH3 is 1. The van der Waals surface area contributed by atoms with Crippen molar-refractivity contribution in [2.45, 2.75) is 18.9 Å². The maximum Gasteiger partial charge on any atom is 0.243 e. The number of hydrogen-bond acceptors (Lipinski definition) is 6. The van der Waals surface area contributed by atoms with Gasteiger partial charge in [-0.3, -0.25) is 0 Å². The molecule has 0 aliphatic heterocycles. The van der Waals surface area contributed by atoms with Crippen molar-refractivity contribution < 1.29 is 9.26 Å². The molecule has 0 saturated carbocycles. The van der Waals surface area contributed by atoms with Gasteiger partial charge < -0.3 is 15.0 Å². The van der Waals surface area contributed by atoms with Gasteiger partial charge in [-0.2, -0.15) is 16.7 Å². The summed E-state index contributed by atoms with van der Waals surface area (Å²) in [6.45, 7) is 0. The third kappa shape index (κ3) is 3.98. The number of rotatable bonds is 7. The monoisotopic (exact) mass is 293 g/mol. The molecular weight excluding hydrogens is 274 g/mol. The number of thioether (sulfide) groups is 1. The smallest absolute Gasteiger partial charge is 0.243 e. The van der Waals surface area contributed by atoms with E-state index in [2.05, 4.69) is 16.4 Å². The molecule has 20 heavy (non-hydrogen) atoms. The van der Waals surface area contributed by atoms with Crippen molar-refractivity contribution in [3.8, 4) is 5.75 Å². The first-order valence-corrected chi connectivity index (χ1v) is 7.82. The zero-order chi connectivity index (χ0) is 14.4. The van der Waals surface area contributed by atoms with E-state index in [4.69, 9.17) is 15.0 Å². The highest BCUT2D eigenvalue weighted by Crippen LogP contribution is 2.17. The van der Waals surface area contributed by atoms with Crippen molar-refractivity contribution in [2.24, 2.45) is 5.73 Å². The highest BCUT2D eigenvalue weighted by molar-refractivity contribution is 7.98. The normalized spacial score (nSPS) is 12.3. The minimum absolute atomic E-state index is 0.186. The Hall–Kier alpha value is -1.53. The van der Waals surface area contributed by atoms with Crippen LogP contribution in [0, 0.1) is 0 Å². The summed E-state index contributed by atoms with van der Waals surface area (Å²) in [5.41, 5.74) is 7.08. The van der Waals surface area contributed by atoms with Gasteiger partial charge in [-0.05, 0) is 36.1 Å². The largest absolute Gasteiger partial charge is 0.497 e. The second-order valence-electron chi connectivity index (χ2n) is 4.47. The van der Waals surface area contributed by atoms with E-state index < -0.39 is 0 Å². The minimum atomic E-state index is -0.186. The fourth-order valence-corrected chi connectivity index (χ4v) is 2.31. The van der Waals surface area contributed by atoms with Crippen LogP contribution in [0.1, 0.15) is 29.7 Å². The number of hydrogen-bond donors (Lipinski definition) is 1. The molecule has 2 aromatic rings. The van der Waals surface area contributed by atoms with E-state index in [9.17, 15) is 0 Å². The van der Waals surface area contributed by atoms with E-state index in [0.29, 0.717) is 18.1 Å². The Balaban J connectivity index is 2.01. The second-order valence-corrected chi connectivity index (χ2v) is 5.45. The van der Waals surface area contributed by atoms with Crippen LogP contribution in [0.3, 0.4) is 0 Å². The van der Waals surface area contributed by atoms with Gasteiger partial charge in [-0.15, -0.1) is 0 Å². The molecule has 0 fully saturated rings. The molecule has 2 N–H and O–H groups in total. The Kier molecular flexibility index (Phi) is 5.43. The number of nitrogens with two attached hydrogens (primary N) is 1. The molecule has 1 atom stereocenters. The van der Waals surface area contributed by atoms with Gasteiger partial charge in [0.1, 0.15) is 5.75 Å². The molecule has 0 spiro atoms.